The maximum atomic E-state index is 11.5. The molecule has 0 unspecified atom stereocenters. The van der Waals surface area contributed by atoms with Crippen LogP contribution in [0.15, 0.2) is 71.6 Å². The van der Waals surface area contributed by atoms with E-state index < -0.39 is 10.1 Å². The third-order valence-corrected chi connectivity index (χ3v) is 6.34. The molecule has 0 aliphatic rings. The smallest absolute Gasteiger partial charge is 0.246 e. The number of hydrogen-bond donors (Lipinski definition) is 1. The van der Waals surface area contributed by atoms with E-state index in [0.29, 0.717) is 5.57 Å². The van der Waals surface area contributed by atoms with E-state index in [9.17, 15) is 17.8 Å². The molecule has 0 bridgehead atoms. The summed E-state index contributed by atoms with van der Waals surface area (Å²) in [5.74, 6) is -0.0378. The average molecular weight is 461 g/mol. The number of rotatable bonds is 10. The maximum absolute atomic E-state index is 11.5. The number of carbonyl (C=O) groups excluding carboxylic acids is 1. The lowest BCUT2D eigenvalue weighted by Gasteiger charge is -2.37. The topological polar surface area (TPSA) is 86.3 Å². The van der Waals surface area contributed by atoms with Crippen LogP contribution in [-0.4, -0.2) is 49.5 Å². The van der Waals surface area contributed by atoms with Gasteiger partial charge in [-0.2, -0.15) is 0 Å². The second-order valence-electron chi connectivity index (χ2n) is 8.00. The Labute approximate surface area is 193 Å². The Bertz CT molecular complexity index is 951. The van der Waals surface area contributed by atoms with E-state index in [-0.39, 0.29) is 10.8 Å². The molecule has 1 amide bonds. The molecule has 0 aliphatic heterocycles. The molecule has 176 valence electrons. The fraction of sp³-hybridized carbons (Fsp3) is 0.400. The number of aryl methyl sites for hydroxylation is 1. The Morgan fingerprint density at radius 1 is 1.03 bits per heavy atom. The van der Waals surface area contributed by atoms with Gasteiger partial charge in [0.1, 0.15) is 16.7 Å². The molecule has 0 aliphatic carbocycles. The summed E-state index contributed by atoms with van der Waals surface area (Å²) in [5, 5.41) is 2.92. The zero-order valence-electron chi connectivity index (χ0n) is 19.6. The second kappa shape index (κ2) is 13.2. The second-order valence-corrected chi connectivity index (χ2v) is 9.38. The number of nitrogens with one attached hydrogen (secondary N) is 1. The molecule has 0 radical (unpaired) electrons. The quantitative estimate of drug-likeness (QED) is 0.251. The number of hydrogen-bond acceptors (Lipinski definition) is 4. The van der Waals surface area contributed by atoms with Crippen molar-refractivity contribution in [2.45, 2.75) is 45.6 Å². The molecular weight excluding hydrogens is 424 g/mol. The maximum Gasteiger partial charge on any atom is 0.246 e. The summed E-state index contributed by atoms with van der Waals surface area (Å²) in [6.45, 7) is 16.8. The Kier molecular flexibility index (Phi) is 11.3. The summed E-state index contributed by atoms with van der Waals surface area (Å²) in [6, 6.07) is 16.4. The van der Waals surface area contributed by atoms with Gasteiger partial charge in [-0.1, -0.05) is 54.6 Å². The molecule has 0 heterocycles. The van der Waals surface area contributed by atoms with Crippen LogP contribution in [0.4, 0.5) is 0 Å². The van der Waals surface area contributed by atoms with E-state index >= 15 is 0 Å². The summed E-state index contributed by atoms with van der Waals surface area (Å²) in [7, 11) is -4.27. The van der Waals surface area contributed by atoms with Gasteiger partial charge in [-0.15, -0.1) is 0 Å². The van der Waals surface area contributed by atoms with Gasteiger partial charge in [0.05, 0.1) is 24.5 Å². The summed E-state index contributed by atoms with van der Waals surface area (Å²) < 4.78 is 32.2. The molecule has 2 aromatic carbocycles. The van der Waals surface area contributed by atoms with Crippen molar-refractivity contribution in [2.75, 3.05) is 26.2 Å². The van der Waals surface area contributed by atoms with E-state index in [0.717, 1.165) is 49.2 Å². The number of benzene rings is 2. The van der Waals surface area contributed by atoms with Crippen molar-refractivity contribution in [3.05, 3.63) is 77.9 Å². The first kappa shape index (κ1) is 27.6. The van der Waals surface area contributed by atoms with Gasteiger partial charge < -0.3 is 14.4 Å². The Balaban J connectivity index is 0.000000389. The van der Waals surface area contributed by atoms with Gasteiger partial charge in [0.2, 0.25) is 5.91 Å². The molecule has 1 N–H and O–H groups in total. The van der Waals surface area contributed by atoms with Crippen molar-refractivity contribution in [1.29, 1.82) is 0 Å². The zero-order chi connectivity index (χ0) is 24.2. The number of nitrogens with zero attached hydrogens (tertiary/aromatic N) is 1. The lowest BCUT2D eigenvalue weighted by molar-refractivity contribution is -0.937. The summed E-state index contributed by atoms with van der Waals surface area (Å²) in [4.78, 5) is 11.3. The van der Waals surface area contributed by atoms with Gasteiger partial charge in [-0.3, -0.25) is 4.79 Å². The van der Waals surface area contributed by atoms with Gasteiger partial charge in [-0.05, 0) is 39.8 Å². The zero-order valence-corrected chi connectivity index (χ0v) is 20.5. The molecule has 0 fully saturated rings. The van der Waals surface area contributed by atoms with E-state index in [1.165, 1.54) is 17.7 Å². The van der Waals surface area contributed by atoms with Crippen molar-refractivity contribution in [2.24, 2.45) is 0 Å². The number of quaternary nitrogens is 1. The van der Waals surface area contributed by atoms with Crippen LogP contribution in [-0.2, 0) is 21.5 Å². The minimum absolute atomic E-state index is 0.0378. The molecule has 7 heteroatoms. The van der Waals surface area contributed by atoms with E-state index in [4.69, 9.17) is 0 Å². The van der Waals surface area contributed by atoms with Crippen molar-refractivity contribution in [3.63, 3.8) is 0 Å². The van der Waals surface area contributed by atoms with Gasteiger partial charge in [-0.25, -0.2) is 8.42 Å². The van der Waals surface area contributed by atoms with Crippen molar-refractivity contribution in [3.8, 4) is 0 Å². The van der Waals surface area contributed by atoms with Crippen LogP contribution in [0.5, 0.6) is 0 Å². The molecule has 0 aromatic heterocycles. The largest absolute Gasteiger partial charge is 0.744 e. The van der Waals surface area contributed by atoms with Crippen LogP contribution in [0.2, 0.25) is 0 Å². The van der Waals surface area contributed by atoms with E-state index in [1.807, 2.05) is 6.92 Å². The van der Waals surface area contributed by atoms with Crippen LogP contribution < -0.4 is 5.32 Å². The van der Waals surface area contributed by atoms with Crippen LogP contribution in [0.25, 0.3) is 0 Å². The summed E-state index contributed by atoms with van der Waals surface area (Å²) in [6.07, 6.45) is 0.994. The third-order valence-electron chi connectivity index (χ3n) is 5.49. The van der Waals surface area contributed by atoms with Crippen LogP contribution >= 0.6 is 0 Å². The standard InChI is InChI=1S/C18H28N2O.C7H8O3S/c1-5-20(6-2,15-17-11-8-7-9-12-17)14-10-13-19-18(21)16(3)4;1-6-2-4-7(5-3-6)11(8,9)10/h7-9,11-12H,3,5-6,10,13-15H2,1-2,4H3;2-5H,1H3,(H,8,9,10). The summed E-state index contributed by atoms with van der Waals surface area (Å²) in [5.41, 5.74) is 2.88. The monoisotopic (exact) mass is 460 g/mol. The molecule has 6 nitrogen and oxygen atoms in total. The first-order valence-electron chi connectivity index (χ1n) is 10.9. The molecule has 32 heavy (non-hydrogen) atoms. The Hall–Kier alpha value is -2.48. The average Bonchev–Trinajstić information content (AvgIpc) is 2.76. The van der Waals surface area contributed by atoms with Crippen molar-refractivity contribution < 1.29 is 22.2 Å². The number of carbonyl (C=O) groups is 1. The highest BCUT2D eigenvalue weighted by Crippen LogP contribution is 2.15. The minimum atomic E-state index is -4.27. The lowest BCUT2D eigenvalue weighted by atomic mass is 10.1. The molecule has 0 saturated heterocycles. The fourth-order valence-electron chi connectivity index (χ4n) is 3.29. The van der Waals surface area contributed by atoms with Gasteiger partial charge in [0.25, 0.3) is 0 Å². The lowest BCUT2D eigenvalue weighted by Crippen LogP contribution is -2.48. The molecule has 2 aromatic rings. The first-order valence-corrected chi connectivity index (χ1v) is 12.3. The highest BCUT2D eigenvalue weighted by Gasteiger charge is 2.23. The highest BCUT2D eigenvalue weighted by molar-refractivity contribution is 7.85. The van der Waals surface area contributed by atoms with E-state index in [2.05, 4.69) is 56.1 Å². The normalized spacial score (nSPS) is 11.3. The Morgan fingerprint density at radius 2 is 1.59 bits per heavy atom. The molecule has 0 atom stereocenters. The predicted molar refractivity (Wildman–Crippen MR) is 128 cm³/mol. The third kappa shape index (κ3) is 9.77. The number of amides is 1. The minimum Gasteiger partial charge on any atom is -0.744 e. The highest BCUT2D eigenvalue weighted by atomic mass is 32.2. The molecule has 2 rings (SSSR count). The predicted octanol–water partition coefficient (Wildman–Crippen LogP) is 4.02. The van der Waals surface area contributed by atoms with Crippen LogP contribution in [0.1, 0.15) is 38.3 Å². The van der Waals surface area contributed by atoms with Gasteiger partial charge in [0.15, 0.2) is 0 Å². The van der Waals surface area contributed by atoms with Gasteiger partial charge >= 0.3 is 0 Å². The van der Waals surface area contributed by atoms with Crippen molar-refractivity contribution >= 4 is 16.0 Å². The SMILES string of the molecule is C=C(C)C(=O)NCCC[N+](CC)(CC)Cc1ccccc1.Cc1ccc(S(=O)(=O)[O-])cc1. The first-order chi connectivity index (χ1) is 15.0. The van der Waals surface area contributed by atoms with Crippen LogP contribution in [0.3, 0.4) is 0 Å². The van der Waals surface area contributed by atoms with Gasteiger partial charge in [0, 0.05) is 24.1 Å². The Morgan fingerprint density at radius 3 is 2.06 bits per heavy atom. The van der Waals surface area contributed by atoms with E-state index in [1.54, 1.807) is 19.1 Å². The fourth-order valence-corrected chi connectivity index (χ4v) is 3.75. The van der Waals surface area contributed by atoms with Crippen molar-refractivity contribution in [1.82, 2.24) is 5.32 Å². The van der Waals surface area contributed by atoms with Crippen LogP contribution in [0, 0.1) is 6.92 Å². The summed E-state index contributed by atoms with van der Waals surface area (Å²) >= 11 is 0. The molecule has 0 saturated carbocycles. The molecule has 0 spiro atoms. The molecular formula is C25H36N2O4S.